The van der Waals surface area contributed by atoms with Gasteiger partial charge in [-0.2, -0.15) is 0 Å². The number of carbonyl (C=O) groups is 1. The molecule has 0 fully saturated rings. The van der Waals surface area contributed by atoms with E-state index in [-0.39, 0.29) is 18.5 Å². The molecule has 24 heavy (non-hydrogen) atoms. The number of hydrogen-bond acceptors (Lipinski definition) is 3. The highest BCUT2D eigenvalue weighted by molar-refractivity contribution is 5.81. The lowest BCUT2D eigenvalue weighted by atomic mass is 10.0. The van der Waals surface area contributed by atoms with Gasteiger partial charge in [-0.05, 0) is 29.7 Å². The molecule has 1 atom stereocenters. The minimum Gasteiger partial charge on any atom is -0.493 e. The summed E-state index contributed by atoms with van der Waals surface area (Å²) in [7, 11) is 0. The van der Waals surface area contributed by atoms with E-state index in [1.54, 1.807) is 0 Å². The van der Waals surface area contributed by atoms with Gasteiger partial charge in [-0.3, -0.25) is 4.79 Å². The zero-order valence-electron chi connectivity index (χ0n) is 14.2. The molecule has 1 heterocycles. The fourth-order valence-electron chi connectivity index (χ4n) is 2.91. The third-order valence-corrected chi connectivity index (χ3v) is 4.32. The van der Waals surface area contributed by atoms with E-state index in [1.807, 2.05) is 36.4 Å². The highest BCUT2D eigenvalue weighted by Gasteiger charge is 2.22. The molecular formula is C20H24N2O2. The van der Waals surface area contributed by atoms with Crippen LogP contribution in [0.3, 0.4) is 0 Å². The summed E-state index contributed by atoms with van der Waals surface area (Å²) in [6, 6.07) is 16.1. The van der Waals surface area contributed by atoms with Gasteiger partial charge in [0.15, 0.2) is 0 Å². The predicted octanol–water partition coefficient (Wildman–Crippen LogP) is 3.86. The van der Waals surface area contributed by atoms with Crippen LogP contribution in [-0.2, 0) is 4.79 Å². The Hall–Kier alpha value is -2.49. The monoisotopic (exact) mass is 324 g/mol. The Bertz CT molecular complexity index is 695. The Morgan fingerprint density at radius 2 is 1.92 bits per heavy atom. The van der Waals surface area contributed by atoms with Crippen LogP contribution in [0.1, 0.15) is 43.4 Å². The zero-order valence-corrected chi connectivity index (χ0v) is 14.2. The molecule has 0 saturated heterocycles. The van der Waals surface area contributed by atoms with Crippen LogP contribution in [0.5, 0.6) is 5.75 Å². The van der Waals surface area contributed by atoms with Crippen molar-refractivity contribution in [1.82, 2.24) is 5.32 Å². The van der Waals surface area contributed by atoms with Crippen LogP contribution in [0, 0.1) is 0 Å². The van der Waals surface area contributed by atoms with Gasteiger partial charge in [0.2, 0.25) is 5.91 Å². The van der Waals surface area contributed by atoms with Gasteiger partial charge in [-0.1, -0.05) is 44.2 Å². The van der Waals surface area contributed by atoms with Gasteiger partial charge in [0.1, 0.15) is 5.75 Å². The Labute approximate surface area is 143 Å². The molecule has 2 aromatic carbocycles. The molecule has 0 aromatic heterocycles. The Balaban J connectivity index is 1.55. The van der Waals surface area contributed by atoms with Crippen molar-refractivity contribution in [3.05, 3.63) is 59.7 Å². The van der Waals surface area contributed by atoms with Crippen LogP contribution in [0.2, 0.25) is 0 Å². The molecule has 4 heteroatoms. The molecule has 2 N–H and O–H groups in total. The molecule has 0 aliphatic carbocycles. The summed E-state index contributed by atoms with van der Waals surface area (Å²) in [5.74, 6) is 1.37. The molecule has 2 aromatic rings. The standard InChI is InChI=1S/C20H24N2O2/c1-14(2)15-7-9-16(10-8-15)21-13-20(23)22-18-11-12-24-19-6-4-3-5-17(18)19/h3-10,14,18,21H,11-13H2,1-2H3,(H,22,23). The first kappa shape index (κ1) is 16.4. The first-order valence-corrected chi connectivity index (χ1v) is 8.48. The molecule has 4 nitrogen and oxygen atoms in total. The third kappa shape index (κ3) is 3.88. The lowest BCUT2D eigenvalue weighted by Gasteiger charge is -2.26. The zero-order chi connectivity index (χ0) is 16.9. The number of para-hydroxylation sites is 1. The van der Waals surface area contributed by atoms with E-state index < -0.39 is 0 Å². The number of carbonyl (C=O) groups excluding carboxylic acids is 1. The van der Waals surface area contributed by atoms with Crippen LogP contribution in [0.25, 0.3) is 0 Å². The number of amides is 1. The average Bonchev–Trinajstić information content (AvgIpc) is 2.61. The molecule has 1 amide bonds. The van der Waals surface area contributed by atoms with Crippen molar-refractivity contribution in [3.8, 4) is 5.75 Å². The number of rotatable bonds is 5. The van der Waals surface area contributed by atoms with Crippen LogP contribution in [0.4, 0.5) is 5.69 Å². The summed E-state index contributed by atoms with van der Waals surface area (Å²) < 4.78 is 5.63. The second kappa shape index (κ2) is 7.39. The first-order chi connectivity index (χ1) is 11.6. The SMILES string of the molecule is CC(C)c1ccc(NCC(=O)NC2CCOc3ccccc32)cc1. The fourth-order valence-corrected chi connectivity index (χ4v) is 2.91. The van der Waals surface area contributed by atoms with Gasteiger partial charge in [-0.15, -0.1) is 0 Å². The third-order valence-electron chi connectivity index (χ3n) is 4.32. The lowest BCUT2D eigenvalue weighted by Crippen LogP contribution is -2.35. The van der Waals surface area contributed by atoms with E-state index in [0.717, 1.165) is 23.4 Å². The van der Waals surface area contributed by atoms with Gasteiger partial charge in [0.25, 0.3) is 0 Å². The average molecular weight is 324 g/mol. The van der Waals surface area contributed by atoms with Crippen molar-refractivity contribution in [1.29, 1.82) is 0 Å². The van der Waals surface area contributed by atoms with E-state index in [0.29, 0.717) is 12.5 Å². The highest BCUT2D eigenvalue weighted by atomic mass is 16.5. The summed E-state index contributed by atoms with van der Waals surface area (Å²) in [5, 5.41) is 6.27. The molecule has 0 radical (unpaired) electrons. The Morgan fingerprint density at radius 3 is 2.67 bits per heavy atom. The maximum atomic E-state index is 12.3. The van der Waals surface area contributed by atoms with E-state index >= 15 is 0 Å². The maximum absolute atomic E-state index is 12.3. The number of hydrogen-bond donors (Lipinski definition) is 2. The molecule has 126 valence electrons. The van der Waals surface area contributed by atoms with Gasteiger partial charge < -0.3 is 15.4 Å². The predicted molar refractivity (Wildman–Crippen MR) is 96.5 cm³/mol. The highest BCUT2D eigenvalue weighted by Crippen LogP contribution is 2.31. The molecule has 1 unspecified atom stereocenters. The molecule has 0 spiro atoms. The van der Waals surface area contributed by atoms with E-state index in [9.17, 15) is 4.79 Å². The summed E-state index contributed by atoms with van der Waals surface area (Å²) in [5.41, 5.74) is 3.31. The van der Waals surface area contributed by atoms with Gasteiger partial charge in [-0.25, -0.2) is 0 Å². The van der Waals surface area contributed by atoms with Crippen LogP contribution >= 0.6 is 0 Å². The van der Waals surface area contributed by atoms with E-state index in [2.05, 4.69) is 36.6 Å². The lowest BCUT2D eigenvalue weighted by molar-refractivity contribution is -0.120. The number of ether oxygens (including phenoxy) is 1. The maximum Gasteiger partial charge on any atom is 0.239 e. The van der Waals surface area contributed by atoms with Crippen molar-refractivity contribution in [2.45, 2.75) is 32.2 Å². The van der Waals surface area contributed by atoms with Crippen molar-refractivity contribution in [3.63, 3.8) is 0 Å². The number of fused-ring (bicyclic) bond motifs is 1. The first-order valence-electron chi connectivity index (χ1n) is 8.48. The molecular weight excluding hydrogens is 300 g/mol. The summed E-state index contributed by atoms with van der Waals surface area (Å²) in [4.78, 5) is 12.3. The quantitative estimate of drug-likeness (QED) is 0.878. The van der Waals surface area contributed by atoms with E-state index in [1.165, 1.54) is 5.56 Å². The normalized spacial score (nSPS) is 16.2. The minimum absolute atomic E-state index is 0.00959. The number of anilines is 1. The van der Waals surface area contributed by atoms with E-state index in [4.69, 9.17) is 4.74 Å². The summed E-state index contributed by atoms with van der Waals surface area (Å²) in [6.45, 7) is 5.23. The number of benzene rings is 2. The molecule has 1 aliphatic rings. The smallest absolute Gasteiger partial charge is 0.239 e. The minimum atomic E-state index is -0.00959. The number of nitrogens with one attached hydrogen (secondary N) is 2. The largest absolute Gasteiger partial charge is 0.493 e. The summed E-state index contributed by atoms with van der Waals surface area (Å²) >= 11 is 0. The van der Waals surface area contributed by atoms with Crippen LogP contribution < -0.4 is 15.4 Å². The Kier molecular flexibility index (Phi) is 5.04. The second-order valence-corrected chi connectivity index (χ2v) is 6.43. The van der Waals surface area contributed by atoms with Crippen molar-refractivity contribution < 1.29 is 9.53 Å². The van der Waals surface area contributed by atoms with Crippen molar-refractivity contribution >= 4 is 11.6 Å². The molecule has 1 aliphatic heterocycles. The topological polar surface area (TPSA) is 50.4 Å². The van der Waals surface area contributed by atoms with Gasteiger partial charge >= 0.3 is 0 Å². The second-order valence-electron chi connectivity index (χ2n) is 6.43. The molecule has 0 bridgehead atoms. The van der Waals surface area contributed by atoms with Crippen LogP contribution in [0.15, 0.2) is 48.5 Å². The van der Waals surface area contributed by atoms with Gasteiger partial charge in [0, 0.05) is 17.7 Å². The molecule has 0 saturated carbocycles. The van der Waals surface area contributed by atoms with Crippen molar-refractivity contribution in [2.24, 2.45) is 0 Å². The summed E-state index contributed by atoms with van der Waals surface area (Å²) in [6.07, 6.45) is 0.797. The molecule has 3 rings (SSSR count). The van der Waals surface area contributed by atoms with Crippen LogP contribution in [-0.4, -0.2) is 19.1 Å². The fraction of sp³-hybridized carbons (Fsp3) is 0.350. The Morgan fingerprint density at radius 1 is 1.17 bits per heavy atom. The van der Waals surface area contributed by atoms with Gasteiger partial charge in [0.05, 0.1) is 19.2 Å². The van der Waals surface area contributed by atoms with Crippen molar-refractivity contribution in [2.75, 3.05) is 18.5 Å².